The van der Waals surface area contributed by atoms with Crippen LogP contribution in [0, 0.1) is 0 Å². The number of carbonyl (C=O) groups excluding carboxylic acids is 1. The van der Waals surface area contributed by atoms with Crippen molar-refractivity contribution in [2.24, 2.45) is 5.73 Å². The molecular weight excluding hydrogens is 210 g/mol. The molecule has 2 amide bonds. The summed E-state index contributed by atoms with van der Waals surface area (Å²) in [4.78, 5) is 21.6. The molecule has 0 aliphatic heterocycles. The Labute approximate surface area is 92.4 Å². The molecule has 1 atom stereocenters. The van der Waals surface area contributed by atoms with E-state index in [4.69, 9.17) is 10.8 Å². The number of rotatable bonds is 4. The van der Waals surface area contributed by atoms with Gasteiger partial charge in [-0.1, -0.05) is 18.2 Å². The van der Waals surface area contributed by atoms with Gasteiger partial charge in [0.2, 0.25) is 0 Å². The van der Waals surface area contributed by atoms with Gasteiger partial charge in [0.05, 0.1) is 0 Å². The molecule has 1 rings (SSSR count). The van der Waals surface area contributed by atoms with Crippen LogP contribution < -0.4 is 16.4 Å². The van der Waals surface area contributed by atoms with E-state index >= 15 is 0 Å². The highest BCUT2D eigenvalue weighted by molar-refractivity contribution is 5.89. The van der Waals surface area contributed by atoms with Crippen LogP contribution in [0.2, 0.25) is 0 Å². The number of hydrogen-bond donors (Lipinski definition) is 4. The Morgan fingerprint density at radius 1 is 1.31 bits per heavy atom. The van der Waals surface area contributed by atoms with Crippen molar-refractivity contribution in [3.63, 3.8) is 0 Å². The standard InChI is InChI=1S/C10H13N3O3/c11-8(9(14)15)6-12-10(16)13-7-4-2-1-3-5-7/h1-5,8H,6,11H2,(H,14,15)(H2,12,13,16)/t8-/m0/s1. The minimum Gasteiger partial charge on any atom is -0.480 e. The molecule has 0 aliphatic carbocycles. The van der Waals surface area contributed by atoms with Gasteiger partial charge in [0.15, 0.2) is 0 Å². The van der Waals surface area contributed by atoms with Gasteiger partial charge >= 0.3 is 12.0 Å². The van der Waals surface area contributed by atoms with E-state index in [1.54, 1.807) is 24.3 Å². The summed E-state index contributed by atoms with van der Waals surface area (Å²) < 4.78 is 0. The molecule has 6 nitrogen and oxygen atoms in total. The highest BCUT2D eigenvalue weighted by atomic mass is 16.4. The summed E-state index contributed by atoms with van der Waals surface area (Å²) in [6.45, 7) is -0.117. The number of aliphatic carboxylic acids is 1. The summed E-state index contributed by atoms with van der Waals surface area (Å²) >= 11 is 0. The molecule has 6 heteroatoms. The van der Waals surface area contributed by atoms with E-state index in [-0.39, 0.29) is 6.54 Å². The zero-order valence-corrected chi connectivity index (χ0v) is 8.51. The van der Waals surface area contributed by atoms with E-state index < -0.39 is 18.0 Å². The van der Waals surface area contributed by atoms with Crippen LogP contribution in [0.4, 0.5) is 10.5 Å². The summed E-state index contributed by atoms with van der Waals surface area (Å²) in [5.74, 6) is -1.15. The topological polar surface area (TPSA) is 104 Å². The fraction of sp³-hybridized carbons (Fsp3) is 0.200. The van der Waals surface area contributed by atoms with E-state index in [1.807, 2.05) is 6.07 Å². The minimum absolute atomic E-state index is 0.117. The number of anilines is 1. The molecule has 0 saturated heterocycles. The minimum atomic E-state index is -1.15. The fourth-order valence-electron chi connectivity index (χ4n) is 0.987. The van der Waals surface area contributed by atoms with Crippen LogP contribution in [0.5, 0.6) is 0 Å². The molecule has 0 aliphatic rings. The number of carboxylic acids is 1. The van der Waals surface area contributed by atoms with Gasteiger partial charge in [-0.25, -0.2) is 4.79 Å². The number of carbonyl (C=O) groups is 2. The summed E-state index contributed by atoms with van der Waals surface area (Å²) in [6.07, 6.45) is 0. The van der Waals surface area contributed by atoms with E-state index in [0.29, 0.717) is 5.69 Å². The van der Waals surface area contributed by atoms with Crippen molar-refractivity contribution in [3.05, 3.63) is 30.3 Å². The zero-order valence-electron chi connectivity index (χ0n) is 8.51. The van der Waals surface area contributed by atoms with Crippen molar-refractivity contribution in [1.29, 1.82) is 0 Å². The van der Waals surface area contributed by atoms with Crippen molar-refractivity contribution in [2.45, 2.75) is 6.04 Å². The van der Waals surface area contributed by atoms with Crippen LogP contribution in [-0.2, 0) is 4.79 Å². The maximum Gasteiger partial charge on any atom is 0.322 e. The summed E-state index contributed by atoms with van der Waals surface area (Å²) in [5.41, 5.74) is 5.84. The Bertz CT molecular complexity index is 367. The Hall–Kier alpha value is -2.08. The SMILES string of the molecule is N[C@@H](CNC(=O)Nc1ccccc1)C(=O)O. The van der Waals surface area contributed by atoms with Crippen LogP contribution in [0.25, 0.3) is 0 Å². The first-order chi connectivity index (χ1) is 7.59. The number of urea groups is 1. The first kappa shape index (κ1) is 12.0. The molecule has 0 aromatic heterocycles. The van der Waals surface area contributed by atoms with E-state index in [1.165, 1.54) is 0 Å². The highest BCUT2D eigenvalue weighted by Gasteiger charge is 2.12. The van der Waals surface area contributed by atoms with Crippen molar-refractivity contribution in [3.8, 4) is 0 Å². The lowest BCUT2D eigenvalue weighted by molar-refractivity contribution is -0.138. The average molecular weight is 223 g/mol. The number of hydrogen-bond acceptors (Lipinski definition) is 3. The van der Waals surface area contributed by atoms with Crippen LogP contribution in [-0.4, -0.2) is 29.7 Å². The molecule has 0 fully saturated rings. The van der Waals surface area contributed by atoms with E-state index in [9.17, 15) is 9.59 Å². The van der Waals surface area contributed by atoms with Crippen molar-refractivity contribution >= 4 is 17.7 Å². The van der Waals surface area contributed by atoms with Crippen molar-refractivity contribution in [1.82, 2.24) is 5.32 Å². The third kappa shape index (κ3) is 3.97. The maximum absolute atomic E-state index is 11.3. The van der Waals surface area contributed by atoms with E-state index in [0.717, 1.165) is 0 Å². The smallest absolute Gasteiger partial charge is 0.322 e. The quantitative estimate of drug-likeness (QED) is 0.586. The lowest BCUT2D eigenvalue weighted by Crippen LogP contribution is -2.43. The molecular formula is C10H13N3O3. The first-order valence-electron chi connectivity index (χ1n) is 4.68. The van der Waals surface area contributed by atoms with Gasteiger partial charge < -0.3 is 21.5 Å². The van der Waals surface area contributed by atoms with Gasteiger partial charge in [-0.15, -0.1) is 0 Å². The molecule has 86 valence electrons. The number of para-hydroxylation sites is 1. The highest BCUT2D eigenvalue weighted by Crippen LogP contribution is 2.03. The Balaban J connectivity index is 2.35. The van der Waals surface area contributed by atoms with E-state index in [2.05, 4.69) is 10.6 Å². The number of nitrogens with two attached hydrogens (primary N) is 1. The molecule has 1 aromatic carbocycles. The number of nitrogens with one attached hydrogen (secondary N) is 2. The van der Waals surface area contributed by atoms with Gasteiger partial charge in [0, 0.05) is 12.2 Å². The lowest BCUT2D eigenvalue weighted by Gasteiger charge is -2.09. The van der Waals surface area contributed by atoms with Gasteiger partial charge in [-0.05, 0) is 12.1 Å². The predicted molar refractivity (Wildman–Crippen MR) is 59.1 cm³/mol. The largest absolute Gasteiger partial charge is 0.480 e. The Morgan fingerprint density at radius 2 is 1.94 bits per heavy atom. The first-order valence-corrected chi connectivity index (χ1v) is 4.68. The molecule has 5 N–H and O–H groups in total. The Morgan fingerprint density at radius 3 is 2.50 bits per heavy atom. The second-order valence-electron chi connectivity index (χ2n) is 3.15. The molecule has 0 bridgehead atoms. The third-order valence-corrected chi connectivity index (χ3v) is 1.83. The second-order valence-corrected chi connectivity index (χ2v) is 3.15. The molecule has 1 aromatic rings. The molecule has 0 unspecified atom stereocenters. The number of benzene rings is 1. The summed E-state index contributed by atoms with van der Waals surface area (Å²) in [5, 5.41) is 13.4. The Kier molecular flexibility index (Phi) is 4.28. The van der Waals surface area contributed by atoms with Crippen LogP contribution >= 0.6 is 0 Å². The molecule has 16 heavy (non-hydrogen) atoms. The van der Waals surface area contributed by atoms with Crippen LogP contribution in [0.1, 0.15) is 0 Å². The lowest BCUT2D eigenvalue weighted by atomic mass is 10.3. The normalized spacial score (nSPS) is 11.6. The number of amides is 2. The van der Waals surface area contributed by atoms with Gasteiger partial charge in [-0.3, -0.25) is 4.79 Å². The second kappa shape index (κ2) is 5.72. The molecule has 0 saturated carbocycles. The summed E-state index contributed by atoms with van der Waals surface area (Å²) in [7, 11) is 0. The third-order valence-electron chi connectivity index (χ3n) is 1.83. The van der Waals surface area contributed by atoms with Gasteiger partial charge in [-0.2, -0.15) is 0 Å². The zero-order chi connectivity index (χ0) is 12.0. The average Bonchev–Trinajstić information content (AvgIpc) is 2.27. The van der Waals surface area contributed by atoms with Crippen LogP contribution in [0.15, 0.2) is 30.3 Å². The van der Waals surface area contributed by atoms with Crippen LogP contribution in [0.3, 0.4) is 0 Å². The monoisotopic (exact) mass is 223 g/mol. The molecule has 0 spiro atoms. The molecule has 0 heterocycles. The molecule has 0 radical (unpaired) electrons. The number of carboxylic acid groups (broad SMARTS) is 1. The van der Waals surface area contributed by atoms with Crippen molar-refractivity contribution < 1.29 is 14.7 Å². The maximum atomic E-state index is 11.3. The van der Waals surface area contributed by atoms with Gasteiger partial charge in [0.1, 0.15) is 6.04 Å². The fourth-order valence-corrected chi connectivity index (χ4v) is 0.987. The summed E-state index contributed by atoms with van der Waals surface area (Å²) in [6, 6.07) is 7.23. The predicted octanol–water partition coefficient (Wildman–Crippen LogP) is 0.220. The van der Waals surface area contributed by atoms with Crippen molar-refractivity contribution in [2.75, 3.05) is 11.9 Å². The van der Waals surface area contributed by atoms with Gasteiger partial charge in [0.25, 0.3) is 0 Å².